The molecule has 0 spiro atoms. The van der Waals surface area contributed by atoms with Gasteiger partial charge >= 0.3 is 0 Å². The second-order valence-corrected chi connectivity index (χ2v) is 6.32. The van der Waals surface area contributed by atoms with Crippen LogP contribution in [0.25, 0.3) is 5.69 Å². The van der Waals surface area contributed by atoms with Crippen LogP contribution in [-0.2, 0) is 0 Å². The van der Waals surface area contributed by atoms with E-state index >= 15 is 0 Å². The van der Waals surface area contributed by atoms with E-state index in [1.165, 1.54) is 6.92 Å². The number of aromatic nitrogens is 3. The molecule has 26 heavy (non-hydrogen) atoms. The van der Waals surface area contributed by atoms with E-state index in [0.717, 1.165) is 11.4 Å². The zero-order valence-electron chi connectivity index (χ0n) is 14.9. The van der Waals surface area contributed by atoms with Crippen LogP contribution in [0.5, 0.6) is 0 Å². The summed E-state index contributed by atoms with van der Waals surface area (Å²) in [5.41, 5.74) is 2.95. The quantitative estimate of drug-likeness (QED) is 0.711. The maximum Gasteiger partial charge on any atom is 0.278 e. The van der Waals surface area contributed by atoms with Crippen LogP contribution in [-0.4, -0.2) is 26.7 Å². The first-order chi connectivity index (χ1) is 12.5. The van der Waals surface area contributed by atoms with E-state index in [2.05, 4.69) is 15.6 Å². The van der Waals surface area contributed by atoms with Gasteiger partial charge in [0.2, 0.25) is 0 Å². The van der Waals surface area contributed by atoms with Crippen LogP contribution >= 0.6 is 0 Å². The molecule has 0 atom stereocenters. The van der Waals surface area contributed by atoms with Crippen LogP contribution in [0.15, 0.2) is 54.6 Å². The third kappa shape index (κ3) is 3.54. The lowest BCUT2D eigenvalue weighted by molar-refractivity contribution is 0.100. The van der Waals surface area contributed by atoms with Crippen molar-refractivity contribution in [3.05, 3.63) is 71.5 Å². The van der Waals surface area contributed by atoms with E-state index in [1.54, 1.807) is 28.9 Å². The molecule has 0 bridgehead atoms. The molecule has 2 aromatic carbocycles. The van der Waals surface area contributed by atoms with Gasteiger partial charge in [-0.2, -0.15) is 0 Å². The zero-order chi connectivity index (χ0) is 18.7. The van der Waals surface area contributed by atoms with Gasteiger partial charge in [0.15, 0.2) is 11.5 Å². The zero-order valence-corrected chi connectivity index (χ0v) is 14.9. The van der Waals surface area contributed by atoms with Crippen LogP contribution < -0.4 is 5.32 Å². The van der Waals surface area contributed by atoms with Gasteiger partial charge in [0.25, 0.3) is 5.91 Å². The van der Waals surface area contributed by atoms with Gasteiger partial charge in [0.05, 0.1) is 11.4 Å². The van der Waals surface area contributed by atoms with Gasteiger partial charge in [0, 0.05) is 11.3 Å². The van der Waals surface area contributed by atoms with Crippen LogP contribution in [0.3, 0.4) is 0 Å². The predicted molar refractivity (Wildman–Crippen MR) is 99.8 cm³/mol. The molecule has 6 heteroatoms. The molecule has 0 saturated heterocycles. The summed E-state index contributed by atoms with van der Waals surface area (Å²) < 4.78 is 1.69. The molecule has 1 amide bonds. The van der Waals surface area contributed by atoms with E-state index in [0.29, 0.717) is 11.3 Å². The van der Waals surface area contributed by atoms with Gasteiger partial charge < -0.3 is 5.32 Å². The third-order valence-electron chi connectivity index (χ3n) is 3.99. The van der Waals surface area contributed by atoms with E-state index in [9.17, 15) is 9.59 Å². The van der Waals surface area contributed by atoms with Crippen LogP contribution in [0.4, 0.5) is 5.69 Å². The minimum absolute atomic E-state index is 0.0505. The van der Waals surface area contributed by atoms with Gasteiger partial charge in [-0.15, -0.1) is 5.10 Å². The van der Waals surface area contributed by atoms with Crippen molar-refractivity contribution in [1.82, 2.24) is 15.0 Å². The summed E-state index contributed by atoms with van der Waals surface area (Å²) in [6.07, 6.45) is 0. The second kappa shape index (κ2) is 7.31. The summed E-state index contributed by atoms with van der Waals surface area (Å²) >= 11 is 0. The maximum atomic E-state index is 12.8. The van der Waals surface area contributed by atoms with Crippen molar-refractivity contribution in [3.8, 4) is 5.69 Å². The molecule has 0 aliphatic heterocycles. The molecule has 3 rings (SSSR count). The number of rotatable bonds is 5. The molecule has 1 aromatic heterocycles. The van der Waals surface area contributed by atoms with Gasteiger partial charge in [-0.3, -0.25) is 9.59 Å². The second-order valence-electron chi connectivity index (χ2n) is 6.32. The molecule has 3 aromatic rings. The van der Waals surface area contributed by atoms with Crippen molar-refractivity contribution in [2.75, 3.05) is 5.32 Å². The van der Waals surface area contributed by atoms with Crippen LogP contribution in [0.1, 0.15) is 53.2 Å². The molecule has 0 saturated carbocycles. The summed E-state index contributed by atoms with van der Waals surface area (Å²) in [6.45, 7) is 5.47. The Morgan fingerprint density at radius 2 is 1.77 bits per heavy atom. The molecule has 1 heterocycles. The molecule has 6 nitrogen and oxygen atoms in total. The number of Topliss-reactive ketones (excluding diaryl/α,β-unsaturated/α-hetero) is 1. The molecule has 0 unspecified atom stereocenters. The number of anilines is 1. The highest BCUT2D eigenvalue weighted by molar-refractivity contribution is 6.04. The topological polar surface area (TPSA) is 76.9 Å². The van der Waals surface area contributed by atoms with Gasteiger partial charge in [-0.25, -0.2) is 4.68 Å². The van der Waals surface area contributed by atoms with Gasteiger partial charge in [0.1, 0.15) is 0 Å². The van der Waals surface area contributed by atoms with E-state index in [-0.39, 0.29) is 23.3 Å². The minimum atomic E-state index is -0.350. The Hall–Kier alpha value is -3.28. The number of benzene rings is 2. The standard InChI is InChI=1S/C20H20N4O2/c1-13(2)19-18(22-23-24(19)17-10-5-4-6-11-17)20(26)21-16-9-7-8-15(12-16)14(3)25/h4-13H,1-3H3,(H,21,26). The summed E-state index contributed by atoms with van der Waals surface area (Å²) in [4.78, 5) is 24.3. The number of carbonyl (C=O) groups excluding carboxylic acids is 2. The average molecular weight is 348 g/mol. The number of nitrogens with zero attached hydrogens (tertiary/aromatic N) is 3. The Balaban J connectivity index is 1.94. The highest BCUT2D eigenvalue weighted by atomic mass is 16.2. The van der Waals surface area contributed by atoms with Crippen LogP contribution in [0, 0.1) is 0 Å². The van der Waals surface area contributed by atoms with Crippen molar-refractivity contribution in [3.63, 3.8) is 0 Å². The molecule has 0 radical (unpaired) electrons. The highest BCUT2D eigenvalue weighted by Gasteiger charge is 2.23. The Morgan fingerprint density at radius 1 is 1.04 bits per heavy atom. The fourth-order valence-corrected chi connectivity index (χ4v) is 2.74. The molecule has 132 valence electrons. The average Bonchev–Trinajstić information content (AvgIpc) is 3.08. The van der Waals surface area contributed by atoms with E-state index in [1.807, 2.05) is 44.2 Å². The van der Waals surface area contributed by atoms with Crippen molar-refractivity contribution >= 4 is 17.4 Å². The molecule has 0 aliphatic carbocycles. The molecule has 0 fully saturated rings. The summed E-state index contributed by atoms with van der Waals surface area (Å²) in [7, 11) is 0. The normalized spacial score (nSPS) is 10.8. The Bertz CT molecular complexity index is 945. The summed E-state index contributed by atoms with van der Waals surface area (Å²) in [5.74, 6) is -0.356. The summed E-state index contributed by atoms with van der Waals surface area (Å²) in [5, 5.41) is 11.1. The maximum absolute atomic E-state index is 12.8. The first kappa shape index (κ1) is 17.5. The van der Waals surface area contributed by atoms with Crippen molar-refractivity contribution in [2.45, 2.75) is 26.7 Å². The number of hydrogen-bond acceptors (Lipinski definition) is 4. The number of amides is 1. The first-order valence-corrected chi connectivity index (χ1v) is 8.40. The fourth-order valence-electron chi connectivity index (χ4n) is 2.74. The molecular weight excluding hydrogens is 328 g/mol. The Morgan fingerprint density at radius 3 is 2.42 bits per heavy atom. The number of ketones is 1. The van der Waals surface area contributed by atoms with Gasteiger partial charge in [-0.1, -0.05) is 49.4 Å². The fraction of sp³-hybridized carbons (Fsp3) is 0.200. The lowest BCUT2D eigenvalue weighted by Crippen LogP contribution is -2.16. The smallest absolute Gasteiger partial charge is 0.278 e. The lowest BCUT2D eigenvalue weighted by Gasteiger charge is -2.11. The predicted octanol–water partition coefficient (Wildman–Crippen LogP) is 3.85. The van der Waals surface area contributed by atoms with Gasteiger partial charge in [-0.05, 0) is 37.1 Å². The molecule has 0 aliphatic rings. The highest BCUT2D eigenvalue weighted by Crippen LogP contribution is 2.22. The Labute approximate surface area is 151 Å². The number of para-hydroxylation sites is 1. The number of carbonyl (C=O) groups is 2. The monoisotopic (exact) mass is 348 g/mol. The number of hydrogen-bond donors (Lipinski definition) is 1. The summed E-state index contributed by atoms with van der Waals surface area (Å²) in [6, 6.07) is 16.4. The van der Waals surface area contributed by atoms with Crippen molar-refractivity contribution < 1.29 is 9.59 Å². The lowest BCUT2D eigenvalue weighted by atomic mass is 10.1. The third-order valence-corrected chi connectivity index (χ3v) is 3.99. The van der Waals surface area contributed by atoms with Crippen molar-refractivity contribution in [2.24, 2.45) is 0 Å². The molecular formula is C20H20N4O2. The molecule has 1 N–H and O–H groups in total. The SMILES string of the molecule is CC(=O)c1cccc(NC(=O)c2nnn(-c3ccccc3)c2C(C)C)c1. The van der Waals surface area contributed by atoms with E-state index in [4.69, 9.17) is 0 Å². The first-order valence-electron chi connectivity index (χ1n) is 8.40. The van der Waals surface area contributed by atoms with Crippen molar-refractivity contribution in [1.29, 1.82) is 0 Å². The Kier molecular flexibility index (Phi) is 4.93. The number of nitrogens with one attached hydrogen (secondary N) is 1. The minimum Gasteiger partial charge on any atom is -0.321 e. The van der Waals surface area contributed by atoms with Crippen LogP contribution in [0.2, 0.25) is 0 Å². The largest absolute Gasteiger partial charge is 0.321 e. The van der Waals surface area contributed by atoms with E-state index < -0.39 is 0 Å².